The molecule has 2 aromatic rings. The van der Waals surface area contributed by atoms with Crippen LogP contribution in [-0.2, 0) is 19.5 Å². The predicted molar refractivity (Wildman–Crippen MR) is 104 cm³/mol. The maximum absolute atomic E-state index is 13.9. The molecule has 5 nitrogen and oxygen atoms in total. The van der Waals surface area contributed by atoms with Crippen molar-refractivity contribution >= 4 is 5.91 Å². The fourth-order valence-electron chi connectivity index (χ4n) is 5.13. The van der Waals surface area contributed by atoms with Crippen LogP contribution in [0.4, 0.5) is 4.39 Å². The first kappa shape index (κ1) is 17.9. The Morgan fingerprint density at radius 2 is 2.07 bits per heavy atom. The highest BCUT2D eigenvalue weighted by Crippen LogP contribution is 2.36. The van der Waals surface area contributed by atoms with E-state index in [1.807, 2.05) is 18.3 Å². The summed E-state index contributed by atoms with van der Waals surface area (Å²) in [6, 6.07) is 7.39. The van der Waals surface area contributed by atoms with E-state index in [-0.39, 0.29) is 11.7 Å². The van der Waals surface area contributed by atoms with Crippen LogP contribution in [0.25, 0.3) is 0 Å². The molecule has 1 aromatic heterocycles. The van der Waals surface area contributed by atoms with Gasteiger partial charge >= 0.3 is 0 Å². The molecule has 28 heavy (non-hydrogen) atoms. The van der Waals surface area contributed by atoms with E-state index in [1.165, 1.54) is 25.3 Å². The second kappa shape index (κ2) is 7.32. The van der Waals surface area contributed by atoms with Gasteiger partial charge in [0.05, 0.1) is 0 Å². The predicted octanol–water partition coefficient (Wildman–Crippen LogP) is 3.10. The van der Waals surface area contributed by atoms with Gasteiger partial charge in [0.25, 0.3) is 5.91 Å². The number of fused-ring (bicyclic) bond motifs is 3. The zero-order chi connectivity index (χ0) is 19.1. The molecule has 0 radical (unpaired) electrons. The standard InChI is InChI=1S/C22H27FN4O/c23-19-7-2-1-5-17(19)14-25-9-8-21-24-20(15-26(21)11-10-25)22(28)27-13-16-4-3-6-18(27)12-16/h1-2,5,7,15-16,18H,3-4,6,8-14H2/t16-,18+/m1/s1. The van der Waals surface area contributed by atoms with Gasteiger partial charge in [0.15, 0.2) is 0 Å². The summed E-state index contributed by atoms with van der Waals surface area (Å²) in [5.41, 5.74) is 1.34. The Bertz CT molecular complexity index is 854. The number of aromatic nitrogens is 2. The molecular weight excluding hydrogens is 355 g/mol. The lowest BCUT2D eigenvalue weighted by Gasteiger charge is -2.23. The number of likely N-dealkylation sites (tertiary alicyclic amines) is 1. The van der Waals surface area contributed by atoms with Crippen LogP contribution in [0.3, 0.4) is 0 Å². The van der Waals surface area contributed by atoms with Crippen molar-refractivity contribution in [2.75, 3.05) is 19.6 Å². The van der Waals surface area contributed by atoms with Crippen molar-refractivity contribution in [3.8, 4) is 0 Å². The molecular formula is C22H27FN4O. The van der Waals surface area contributed by atoms with Crippen molar-refractivity contribution in [1.29, 1.82) is 0 Å². The lowest BCUT2D eigenvalue weighted by Crippen LogP contribution is -2.35. The normalized spacial score (nSPS) is 24.8. The first-order valence-electron chi connectivity index (χ1n) is 10.5. The zero-order valence-corrected chi connectivity index (χ0v) is 16.2. The van der Waals surface area contributed by atoms with Crippen molar-refractivity contribution in [3.05, 3.63) is 53.4 Å². The molecule has 1 aliphatic carbocycles. The van der Waals surface area contributed by atoms with E-state index in [1.54, 1.807) is 6.07 Å². The van der Waals surface area contributed by atoms with Crippen molar-refractivity contribution in [2.24, 2.45) is 5.92 Å². The monoisotopic (exact) mass is 382 g/mol. The van der Waals surface area contributed by atoms with Crippen molar-refractivity contribution < 1.29 is 9.18 Å². The molecule has 6 heteroatoms. The van der Waals surface area contributed by atoms with E-state index >= 15 is 0 Å². The molecule has 148 valence electrons. The van der Waals surface area contributed by atoms with E-state index in [2.05, 4.69) is 14.4 Å². The summed E-state index contributed by atoms with van der Waals surface area (Å²) in [7, 11) is 0. The molecule has 0 N–H and O–H groups in total. The van der Waals surface area contributed by atoms with E-state index in [4.69, 9.17) is 4.98 Å². The van der Waals surface area contributed by atoms with Crippen LogP contribution in [0.2, 0.25) is 0 Å². The maximum atomic E-state index is 13.9. The Kier molecular flexibility index (Phi) is 4.67. The number of halogens is 1. The molecule has 0 spiro atoms. The van der Waals surface area contributed by atoms with Gasteiger partial charge in [0, 0.05) is 56.9 Å². The van der Waals surface area contributed by atoms with Gasteiger partial charge in [-0.1, -0.05) is 24.6 Å². The van der Waals surface area contributed by atoms with Gasteiger partial charge in [0.2, 0.25) is 0 Å². The van der Waals surface area contributed by atoms with E-state index in [9.17, 15) is 9.18 Å². The first-order valence-corrected chi connectivity index (χ1v) is 10.5. The van der Waals surface area contributed by atoms with E-state index in [0.717, 1.165) is 50.4 Å². The van der Waals surface area contributed by atoms with Gasteiger partial charge in [0.1, 0.15) is 17.3 Å². The highest BCUT2D eigenvalue weighted by molar-refractivity contribution is 5.92. The lowest BCUT2D eigenvalue weighted by atomic mass is 9.90. The Balaban J connectivity index is 1.26. The van der Waals surface area contributed by atoms with Crippen LogP contribution < -0.4 is 0 Å². The number of carbonyl (C=O) groups is 1. The van der Waals surface area contributed by atoms with Crippen LogP contribution in [-0.4, -0.2) is 50.9 Å². The van der Waals surface area contributed by atoms with Gasteiger partial charge in [-0.15, -0.1) is 0 Å². The minimum atomic E-state index is -0.145. The smallest absolute Gasteiger partial charge is 0.274 e. The first-order chi connectivity index (χ1) is 13.7. The zero-order valence-electron chi connectivity index (χ0n) is 16.2. The highest BCUT2D eigenvalue weighted by atomic mass is 19.1. The molecule has 2 fully saturated rings. The topological polar surface area (TPSA) is 41.4 Å². The molecule has 3 heterocycles. The largest absolute Gasteiger partial charge is 0.334 e. The van der Waals surface area contributed by atoms with Gasteiger partial charge in [-0.2, -0.15) is 0 Å². The number of nitrogens with zero attached hydrogens (tertiary/aromatic N) is 4. The SMILES string of the molecule is O=C(c1cn2c(n1)CCN(Cc1ccccc1F)CC2)N1C[C@@H]2CCC[C@H]1C2. The fourth-order valence-corrected chi connectivity index (χ4v) is 5.13. The third kappa shape index (κ3) is 3.34. The number of hydrogen-bond acceptors (Lipinski definition) is 3. The summed E-state index contributed by atoms with van der Waals surface area (Å²) in [5, 5.41) is 0. The summed E-state index contributed by atoms with van der Waals surface area (Å²) < 4.78 is 16.1. The molecule has 2 bridgehead atoms. The Morgan fingerprint density at radius 3 is 2.93 bits per heavy atom. The number of benzene rings is 1. The number of imidazole rings is 1. The van der Waals surface area contributed by atoms with Gasteiger partial charge in [-0.05, 0) is 31.2 Å². The van der Waals surface area contributed by atoms with E-state index < -0.39 is 0 Å². The van der Waals surface area contributed by atoms with Gasteiger partial charge < -0.3 is 9.47 Å². The second-order valence-corrected chi connectivity index (χ2v) is 8.50. The number of hydrogen-bond donors (Lipinski definition) is 0. The average Bonchev–Trinajstić information content (AvgIpc) is 3.19. The molecule has 3 aliphatic rings. The molecule has 5 rings (SSSR count). The third-order valence-corrected chi connectivity index (χ3v) is 6.65. The summed E-state index contributed by atoms with van der Waals surface area (Å²) >= 11 is 0. The highest BCUT2D eigenvalue weighted by Gasteiger charge is 2.38. The van der Waals surface area contributed by atoms with Crippen LogP contribution in [0, 0.1) is 11.7 Å². The van der Waals surface area contributed by atoms with Crippen LogP contribution >= 0.6 is 0 Å². The summed E-state index contributed by atoms with van der Waals surface area (Å²) in [5.74, 6) is 1.63. The quantitative estimate of drug-likeness (QED) is 0.819. The molecule has 2 aliphatic heterocycles. The number of rotatable bonds is 3. The Hall–Kier alpha value is -2.21. The average molecular weight is 382 g/mol. The third-order valence-electron chi connectivity index (χ3n) is 6.65. The van der Waals surface area contributed by atoms with Crippen LogP contribution in [0.15, 0.2) is 30.5 Å². The minimum absolute atomic E-state index is 0.109. The second-order valence-electron chi connectivity index (χ2n) is 8.50. The summed E-state index contributed by atoms with van der Waals surface area (Å²) in [4.78, 5) is 22.1. The lowest BCUT2D eigenvalue weighted by molar-refractivity contribution is 0.0727. The summed E-state index contributed by atoms with van der Waals surface area (Å²) in [6.45, 7) is 3.96. The fraction of sp³-hybridized carbons (Fsp3) is 0.545. The van der Waals surface area contributed by atoms with Crippen LogP contribution in [0.5, 0.6) is 0 Å². The molecule has 2 atom stereocenters. The van der Waals surface area contributed by atoms with Gasteiger partial charge in [-0.3, -0.25) is 9.69 Å². The number of carbonyl (C=O) groups excluding carboxylic acids is 1. The van der Waals surface area contributed by atoms with Crippen molar-refractivity contribution in [2.45, 2.75) is 51.2 Å². The molecule has 1 aromatic carbocycles. The molecule has 1 amide bonds. The van der Waals surface area contributed by atoms with Crippen molar-refractivity contribution in [3.63, 3.8) is 0 Å². The molecule has 0 unspecified atom stereocenters. The summed E-state index contributed by atoms with van der Waals surface area (Å²) in [6.07, 6.45) is 7.54. The molecule has 1 saturated heterocycles. The Morgan fingerprint density at radius 1 is 1.18 bits per heavy atom. The van der Waals surface area contributed by atoms with Gasteiger partial charge in [-0.25, -0.2) is 9.37 Å². The molecule has 1 saturated carbocycles. The Labute approximate surface area is 165 Å². The van der Waals surface area contributed by atoms with E-state index in [0.29, 0.717) is 24.2 Å². The minimum Gasteiger partial charge on any atom is -0.334 e. The van der Waals surface area contributed by atoms with Crippen molar-refractivity contribution in [1.82, 2.24) is 19.4 Å². The maximum Gasteiger partial charge on any atom is 0.274 e. The number of amides is 1. The van der Waals surface area contributed by atoms with Crippen LogP contribution in [0.1, 0.15) is 47.6 Å².